The van der Waals surface area contributed by atoms with E-state index in [2.05, 4.69) is 71.5 Å². The van der Waals surface area contributed by atoms with Crippen LogP contribution in [0, 0.1) is 0 Å². The number of hydrogen-bond donors (Lipinski definition) is 1. The van der Waals surface area contributed by atoms with E-state index >= 15 is 0 Å². The highest BCUT2D eigenvalue weighted by Crippen LogP contribution is 2.32. The SMILES string of the molecule is CC1CC(Nc2ccc(Br)c3ccccc23)CC(C)O1. The molecule has 1 fully saturated rings. The fourth-order valence-corrected chi connectivity index (χ4v) is 3.61. The van der Waals surface area contributed by atoms with E-state index in [0.717, 1.165) is 17.3 Å². The molecule has 2 atom stereocenters. The number of rotatable bonds is 2. The number of ether oxygens (including phenoxy) is 1. The quantitative estimate of drug-likeness (QED) is 0.837. The Bertz CT molecular complexity index is 603. The Morgan fingerprint density at radius 2 is 1.65 bits per heavy atom. The topological polar surface area (TPSA) is 21.3 Å². The summed E-state index contributed by atoms with van der Waals surface area (Å²) in [6.45, 7) is 4.31. The summed E-state index contributed by atoms with van der Waals surface area (Å²) in [6.07, 6.45) is 2.79. The maximum absolute atomic E-state index is 5.81. The largest absolute Gasteiger partial charge is 0.382 e. The van der Waals surface area contributed by atoms with Crippen LogP contribution >= 0.6 is 15.9 Å². The van der Waals surface area contributed by atoms with Crippen LogP contribution in [0.5, 0.6) is 0 Å². The van der Waals surface area contributed by atoms with Crippen molar-refractivity contribution < 1.29 is 4.74 Å². The van der Waals surface area contributed by atoms with Gasteiger partial charge in [-0.05, 0) is 44.2 Å². The molecule has 1 aliphatic heterocycles. The van der Waals surface area contributed by atoms with Crippen LogP contribution in [0.1, 0.15) is 26.7 Å². The summed E-state index contributed by atoms with van der Waals surface area (Å²) in [4.78, 5) is 0. The van der Waals surface area contributed by atoms with Crippen LogP contribution in [0.15, 0.2) is 40.9 Å². The van der Waals surface area contributed by atoms with Gasteiger partial charge < -0.3 is 10.1 Å². The lowest BCUT2D eigenvalue weighted by Crippen LogP contribution is -2.36. The molecule has 2 unspecified atom stereocenters. The predicted octanol–water partition coefficient (Wildman–Crippen LogP) is 4.97. The molecule has 1 saturated heterocycles. The lowest BCUT2D eigenvalue weighted by molar-refractivity contribution is -0.0337. The van der Waals surface area contributed by atoms with Gasteiger partial charge in [0.15, 0.2) is 0 Å². The van der Waals surface area contributed by atoms with Crippen LogP contribution in [0.2, 0.25) is 0 Å². The fourth-order valence-electron chi connectivity index (χ4n) is 3.13. The summed E-state index contributed by atoms with van der Waals surface area (Å²) in [6, 6.07) is 13.3. The van der Waals surface area contributed by atoms with Crippen LogP contribution in [0.3, 0.4) is 0 Å². The Morgan fingerprint density at radius 3 is 2.35 bits per heavy atom. The average molecular weight is 334 g/mol. The Labute approximate surface area is 128 Å². The van der Waals surface area contributed by atoms with Gasteiger partial charge in [0.25, 0.3) is 0 Å². The second-order valence-corrected chi connectivity index (χ2v) is 6.56. The Kier molecular flexibility index (Phi) is 3.99. The highest BCUT2D eigenvalue weighted by atomic mass is 79.9. The Balaban J connectivity index is 1.89. The molecule has 3 rings (SSSR count). The maximum atomic E-state index is 5.81. The monoisotopic (exact) mass is 333 g/mol. The second-order valence-electron chi connectivity index (χ2n) is 5.71. The van der Waals surface area contributed by atoms with Crippen molar-refractivity contribution in [3.05, 3.63) is 40.9 Å². The van der Waals surface area contributed by atoms with Crippen molar-refractivity contribution >= 4 is 32.4 Å². The van der Waals surface area contributed by atoms with Crippen molar-refractivity contribution in [3.63, 3.8) is 0 Å². The normalized spacial score (nSPS) is 26.6. The molecular formula is C17H20BrNO. The van der Waals surface area contributed by atoms with E-state index < -0.39 is 0 Å². The summed E-state index contributed by atoms with van der Waals surface area (Å²) < 4.78 is 6.96. The third-order valence-corrected chi connectivity index (χ3v) is 4.62. The standard InChI is InChI=1S/C17H20BrNO/c1-11-9-13(10-12(2)20-11)19-17-8-7-16(18)14-5-3-4-6-15(14)17/h3-8,11-13,19H,9-10H2,1-2H3. The molecular weight excluding hydrogens is 314 g/mol. The van der Waals surface area contributed by atoms with Gasteiger partial charge in [-0.15, -0.1) is 0 Å². The first-order chi connectivity index (χ1) is 9.63. The van der Waals surface area contributed by atoms with Gasteiger partial charge in [0.2, 0.25) is 0 Å². The molecule has 2 nitrogen and oxygen atoms in total. The molecule has 1 heterocycles. The zero-order valence-corrected chi connectivity index (χ0v) is 13.5. The van der Waals surface area contributed by atoms with E-state index in [4.69, 9.17) is 4.74 Å². The minimum Gasteiger partial charge on any atom is -0.382 e. The van der Waals surface area contributed by atoms with Crippen molar-refractivity contribution in [2.24, 2.45) is 0 Å². The third-order valence-electron chi connectivity index (χ3n) is 3.93. The van der Waals surface area contributed by atoms with Gasteiger partial charge in [-0.2, -0.15) is 0 Å². The molecule has 106 valence electrons. The van der Waals surface area contributed by atoms with Gasteiger partial charge in [-0.1, -0.05) is 40.2 Å². The highest BCUT2D eigenvalue weighted by molar-refractivity contribution is 9.10. The number of hydrogen-bond acceptors (Lipinski definition) is 2. The van der Waals surface area contributed by atoms with Gasteiger partial charge in [-0.25, -0.2) is 0 Å². The fraction of sp³-hybridized carbons (Fsp3) is 0.412. The molecule has 0 aromatic heterocycles. The Hall–Kier alpha value is -1.06. The van der Waals surface area contributed by atoms with Crippen LogP contribution < -0.4 is 5.32 Å². The van der Waals surface area contributed by atoms with E-state index in [-0.39, 0.29) is 0 Å². The van der Waals surface area contributed by atoms with Gasteiger partial charge in [0, 0.05) is 21.6 Å². The molecule has 0 aliphatic carbocycles. The molecule has 0 bridgehead atoms. The van der Waals surface area contributed by atoms with Crippen LogP contribution in [0.4, 0.5) is 5.69 Å². The summed E-state index contributed by atoms with van der Waals surface area (Å²) >= 11 is 3.63. The summed E-state index contributed by atoms with van der Waals surface area (Å²) in [5.74, 6) is 0. The number of anilines is 1. The molecule has 0 amide bonds. The lowest BCUT2D eigenvalue weighted by Gasteiger charge is -2.33. The predicted molar refractivity (Wildman–Crippen MR) is 88.3 cm³/mol. The Morgan fingerprint density at radius 1 is 1.00 bits per heavy atom. The smallest absolute Gasteiger partial charge is 0.0570 e. The van der Waals surface area contributed by atoms with Gasteiger partial charge in [0.1, 0.15) is 0 Å². The first-order valence-corrected chi connectivity index (χ1v) is 8.02. The van der Waals surface area contributed by atoms with E-state index in [0.29, 0.717) is 18.2 Å². The van der Waals surface area contributed by atoms with Crippen LogP contribution in [-0.4, -0.2) is 18.2 Å². The minimum atomic E-state index is 0.331. The van der Waals surface area contributed by atoms with Crippen molar-refractivity contribution in [1.29, 1.82) is 0 Å². The summed E-state index contributed by atoms with van der Waals surface area (Å²) in [5.41, 5.74) is 1.22. The number of halogens is 1. The first-order valence-electron chi connectivity index (χ1n) is 7.22. The molecule has 3 heteroatoms. The van der Waals surface area contributed by atoms with Crippen LogP contribution in [-0.2, 0) is 4.74 Å². The van der Waals surface area contributed by atoms with E-state index in [1.54, 1.807) is 0 Å². The zero-order valence-electron chi connectivity index (χ0n) is 11.9. The van der Waals surface area contributed by atoms with Gasteiger partial charge in [0.05, 0.1) is 12.2 Å². The molecule has 20 heavy (non-hydrogen) atoms. The molecule has 1 N–H and O–H groups in total. The number of fused-ring (bicyclic) bond motifs is 1. The van der Waals surface area contributed by atoms with Crippen molar-refractivity contribution in [2.75, 3.05) is 5.32 Å². The number of nitrogens with one attached hydrogen (secondary N) is 1. The lowest BCUT2D eigenvalue weighted by atomic mass is 9.99. The zero-order chi connectivity index (χ0) is 14.1. The molecule has 0 radical (unpaired) electrons. The van der Waals surface area contributed by atoms with Gasteiger partial charge >= 0.3 is 0 Å². The minimum absolute atomic E-state index is 0.331. The first kappa shape index (κ1) is 13.9. The summed E-state index contributed by atoms with van der Waals surface area (Å²) in [5, 5.41) is 6.24. The molecule has 0 saturated carbocycles. The highest BCUT2D eigenvalue weighted by Gasteiger charge is 2.24. The van der Waals surface area contributed by atoms with E-state index in [1.807, 2.05) is 0 Å². The van der Waals surface area contributed by atoms with E-state index in [9.17, 15) is 0 Å². The maximum Gasteiger partial charge on any atom is 0.0570 e. The molecule has 0 spiro atoms. The van der Waals surface area contributed by atoms with Crippen molar-refractivity contribution in [1.82, 2.24) is 0 Å². The third kappa shape index (κ3) is 2.84. The van der Waals surface area contributed by atoms with Gasteiger partial charge in [-0.3, -0.25) is 0 Å². The second kappa shape index (κ2) is 5.74. The number of benzene rings is 2. The molecule has 1 aliphatic rings. The molecule has 2 aromatic carbocycles. The average Bonchev–Trinajstić information content (AvgIpc) is 2.41. The van der Waals surface area contributed by atoms with Crippen LogP contribution in [0.25, 0.3) is 10.8 Å². The van der Waals surface area contributed by atoms with Crippen molar-refractivity contribution in [2.45, 2.75) is 44.9 Å². The van der Waals surface area contributed by atoms with Crippen molar-refractivity contribution in [3.8, 4) is 0 Å². The molecule has 2 aromatic rings. The van der Waals surface area contributed by atoms with E-state index in [1.165, 1.54) is 16.5 Å². The summed E-state index contributed by atoms with van der Waals surface area (Å²) in [7, 11) is 0.